The van der Waals surface area contributed by atoms with Gasteiger partial charge in [0.2, 0.25) is 5.89 Å². The highest BCUT2D eigenvalue weighted by Gasteiger charge is 2.30. The van der Waals surface area contributed by atoms with Crippen molar-refractivity contribution >= 4 is 17.3 Å². The fraction of sp³-hybridized carbons (Fsp3) is 0.167. The van der Waals surface area contributed by atoms with Crippen LogP contribution in [0.25, 0.3) is 11.5 Å². The van der Waals surface area contributed by atoms with Crippen molar-refractivity contribution in [3.05, 3.63) is 60.0 Å². The first kappa shape index (κ1) is 19.4. The van der Waals surface area contributed by atoms with Gasteiger partial charge in [-0.05, 0) is 36.4 Å². The molecule has 0 spiro atoms. The van der Waals surface area contributed by atoms with E-state index in [1.165, 1.54) is 26.3 Å². The molecule has 28 heavy (non-hydrogen) atoms. The van der Waals surface area contributed by atoms with Crippen molar-refractivity contribution in [1.29, 1.82) is 0 Å². The molecule has 0 saturated heterocycles. The summed E-state index contributed by atoms with van der Waals surface area (Å²) < 4.78 is 43.5. The molecule has 0 bridgehead atoms. The van der Waals surface area contributed by atoms with Gasteiger partial charge < -0.3 is 9.73 Å². The molecule has 3 rings (SSSR count). The number of halogens is 3. The monoisotopic (exact) mass is 392 g/mol. The SMILES string of the molecule is CON(C)C(=O)c1nnc(-c2ccccc2Nc2ccc(C(F)(F)F)cc2)o1. The van der Waals surface area contributed by atoms with Crippen molar-refractivity contribution in [2.75, 3.05) is 19.5 Å². The van der Waals surface area contributed by atoms with Crippen LogP contribution in [0.2, 0.25) is 0 Å². The summed E-state index contributed by atoms with van der Waals surface area (Å²) in [6.07, 6.45) is -4.40. The summed E-state index contributed by atoms with van der Waals surface area (Å²) in [5, 5.41) is 11.5. The zero-order chi connectivity index (χ0) is 20.3. The van der Waals surface area contributed by atoms with Gasteiger partial charge in [0.25, 0.3) is 0 Å². The summed E-state index contributed by atoms with van der Waals surface area (Å²) in [6.45, 7) is 0. The van der Waals surface area contributed by atoms with Gasteiger partial charge in [-0.25, -0.2) is 5.06 Å². The van der Waals surface area contributed by atoms with Crippen LogP contribution in [-0.4, -0.2) is 35.3 Å². The lowest BCUT2D eigenvalue weighted by atomic mass is 10.1. The lowest BCUT2D eigenvalue weighted by Crippen LogP contribution is -2.25. The largest absolute Gasteiger partial charge is 0.416 e. The highest BCUT2D eigenvalue weighted by Crippen LogP contribution is 2.32. The van der Waals surface area contributed by atoms with E-state index in [4.69, 9.17) is 9.25 Å². The molecule has 0 aliphatic carbocycles. The van der Waals surface area contributed by atoms with E-state index in [0.29, 0.717) is 16.9 Å². The Bertz CT molecular complexity index is 971. The normalized spacial score (nSPS) is 11.3. The fourth-order valence-electron chi connectivity index (χ4n) is 2.31. The quantitative estimate of drug-likeness (QED) is 0.658. The highest BCUT2D eigenvalue weighted by molar-refractivity contribution is 5.89. The molecule has 0 radical (unpaired) electrons. The van der Waals surface area contributed by atoms with E-state index in [1.807, 2.05) is 0 Å². The predicted molar refractivity (Wildman–Crippen MR) is 93.6 cm³/mol. The van der Waals surface area contributed by atoms with Crippen molar-refractivity contribution in [2.24, 2.45) is 0 Å². The van der Waals surface area contributed by atoms with Gasteiger partial charge in [-0.15, -0.1) is 10.2 Å². The molecule has 1 aromatic heterocycles. The van der Waals surface area contributed by atoms with Crippen LogP contribution in [0.3, 0.4) is 0 Å². The van der Waals surface area contributed by atoms with Crippen LogP contribution in [0.1, 0.15) is 16.2 Å². The molecule has 0 atom stereocenters. The van der Waals surface area contributed by atoms with Crippen LogP contribution in [0.4, 0.5) is 24.5 Å². The Morgan fingerprint density at radius 2 is 1.79 bits per heavy atom. The molecule has 3 aromatic rings. The molecule has 1 amide bonds. The Hall–Kier alpha value is -3.40. The highest BCUT2D eigenvalue weighted by atomic mass is 19.4. The number of para-hydroxylation sites is 1. The van der Waals surface area contributed by atoms with Gasteiger partial charge >= 0.3 is 18.0 Å². The van der Waals surface area contributed by atoms with Gasteiger partial charge in [-0.2, -0.15) is 13.2 Å². The first-order valence-electron chi connectivity index (χ1n) is 7.99. The summed E-state index contributed by atoms with van der Waals surface area (Å²) in [6, 6.07) is 11.4. The summed E-state index contributed by atoms with van der Waals surface area (Å²) in [7, 11) is 2.71. The number of carbonyl (C=O) groups is 1. The number of hydroxylamine groups is 2. The molecule has 10 heteroatoms. The summed E-state index contributed by atoms with van der Waals surface area (Å²) in [5.74, 6) is -0.805. The van der Waals surface area contributed by atoms with Crippen LogP contribution >= 0.6 is 0 Å². The summed E-state index contributed by atoms with van der Waals surface area (Å²) in [4.78, 5) is 16.8. The molecular weight excluding hydrogens is 377 g/mol. The van der Waals surface area contributed by atoms with Crippen LogP contribution in [0.15, 0.2) is 52.9 Å². The van der Waals surface area contributed by atoms with Gasteiger partial charge in [-0.1, -0.05) is 12.1 Å². The summed E-state index contributed by atoms with van der Waals surface area (Å²) in [5.41, 5.74) is 0.697. The molecule has 1 N–H and O–H groups in total. The molecule has 0 fully saturated rings. The Labute approximate surface area is 157 Å². The maximum absolute atomic E-state index is 12.7. The van der Waals surface area contributed by atoms with Gasteiger partial charge in [-0.3, -0.25) is 9.63 Å². The van der Waals surface area contributed by atoms with Crippen LogP contribution < -0.4 is 5.32 Å². The van der Waals surface area contributed by atoms with Crippen molar-refractivity contribution < 1.29 is 27.2 Å². The van der Waals surface area contributed by atoms with Gasteiger partial charge in [0, 0.05) is 12.7 Å². The van der Waals surface area contributed by atoms with E-state index < -0.39 is 17.6 Å². The van der Waals surface area contributed by atoms with Crippen molar-refractivity contribution in [1.82, 2.24) is 15.3 Å². The van der Waals surface area contributed by atoms with Gasteiger partial charge in [0.15, 0.2) is 0 Å². The second kappa shape index (κ2) is 7.69. The number of anilines is 2. The van der Waals surface area contributed by atoms with Gasteiger partial charge in [0.1, 0.15) is 0 Å². The molecule has 0 unspecified atom stereocenters. The Kier molecular flexibility index (Phi) is 5.32. The minimum atomic E-state index is -4.40. The summed E-state index contributed by atoms with van der Waals surface area (Å²) >= 11 is 0. The lowest BCUT2D eigenvalue weighted by Gasteiger charge is -2.12. The van der Waals surface area contributed by atoms with E-state index >= 15 is 0 Å². The predicted octanol–water partition coefficient (Wildman–Crippen LogP) is 4.13. The zero-order valence-corrected chi connectivity index (χ0v) is 14.8. The first-order chi connectivity index (χ1) is 13.3. The van der Waals surface area contributed by atoms with E-state index in [-0.39, 0.29) is 11.8 Å². The van der Waals surface area contributed by atoms with Crippen molar-refractivity contribution in [3.8, 4) is 11.5 Å². The first-order valence-corrected chi connectivity index (χ1v) is 7.99. The topological polar surface area (TPSA) is 80.5 Å². The number of amides is 1. The second-order valence-corrected chi connectivity index (χ2v) is 5.64. The number of aromatic nitrogens is 2. The number of nitrogens with zero attached hydrogens (tertiary/aromatic N) is 3. The molecule has 7 nitrogen and oxygen atoms in total. The van der Waals surface area contributed by atoms with Gasteiger partial charge in [0.05, 0.1) is 23.9 Å². The number of carbonyl (C=O) groups excluding carboxylic acids is 1. The number of nitrogens with one attached hydrogen (secondary N) is 1. The number of benzene rings is 2. The maximum Gasteiger partial charge on any atom is 0.416 e. The van der Waals surface area contributed by atoms with E-state index in [2.05, 4.69) is 15.5 Å². The third-order valence-electron chi connectivity index (χ3n) is 3.82. The smallest absolute Gasteiger partial charge is 0.412 e. The van der Waals surface area contributed by atoms with E-state index in [0.717, 1.165) is 17.2 Å². The molecule has 0 saturated carbocycles. The minimum Gasteiger partial charge on any atom is -0.412 e. The number of hydrogen-bond donors (Lipinski definition) is 1. The average Bonchev–Trinajstić information content (AvgIpc) is 3.17. The molecular formula is C18H15F3N4O3. The molecule has 1 heterocycles. The van der Waals surface area contributed by atoms with Crippen molar-refractivity contribution in [3.63, 3.8) is 0 Å². The number of rotatable bonds is 5. The van der Waals surface area contributed by atoms with E-state index in [1.54, 1.807) is 24.3 Å². The van der Waals surface area contributed by atoms with Crippen molar-refractivity contribution in [2.45, 2.75) is 6.18 Å². The Balaban J connectivity index is 1.86. The molecule has 0 aliphatic heterocycles. The number of hydrogen-bond acceptors (Lipinski definition) is 6. The van der Waals surface area contributed by atoms with Crippen LogP contribution in [-0.2, 0) is 11.0 Å². The third-order valence-corrected chi connectivity index (χ3v) is 3.82. The lowest BCUT2D eigenvalue weighted by molar-refractivity contribution is -0.137. The molecule has 146 valence electrons. The second-order valence-electron chi connectivity index (χ2n) is 5.64. The standard InChI is InChI=1S/C18H15F3N4O3/c1-25(27-2)17(26)16-24-23-15(28-16)13-5-3-4-6-14(13)22-12-9-7-11(8-10-12)18(19,20)21/h3-10,22H,1-2H3. The molecule has 2 aromatic carbocycles. The van der Waals surface area contributed by atoms with E-state index in [9.17, 15) is 18.0 Å². The Morgan fingerprint density at radius 3 is 2.43 bits per heavy atom. The maximum atomic E-state index is 12.7. The van der Waals surface area contributed by atoms with Crippen LogP contribution in [0.5, 0.6) is 0 Å². The minimum absolute atomic E-state index is 0.0721. The molecule has 0 aliphatic rings. The number of alkyl halides is 3. The average molecular weight is 392 g/mol. The fourth-order valence-corrected chi connectivity index (χ4v) is 2.31. The Morgan fingerprint density at radius 1 is 1.11 bits per heavy atom. The zero-order valence-electron chi connectivity index (χ0n) is 14.8. The third kappa shape index (κ3) is 4.12. The van der Waals surface area contributed by atoms with Crippen LogP contribution in [0, 0.1) is 0 Å².